The molecule has 5 heteroatoms. The number of carbonyl (C=O) groups excluding carboxylic acids is 3. The third-order valence-electron chi connectivity index (χ3n) is 3.83. The van der Waals surface area contributed by atoms with Crippen LogP contribution in [-0.4, -0.2) is 30.9 Å². The molecule has 5 nitrogen and oxygen atoms in total. The number of esters is 2. The fourth-order valence-corrected chi connectivity index (χ4v) is 2.85. The molecule has 0 N–H and O–H groups in total. The highest BCUT2D eigenvalue weighted by Gasteiger charge is 2.46. The molecule has 136 valence electrons. The summed E-state index contributed by atoms with van der Waals surface area (Å²) in [4.78, 5) is 37.4. The van der Waals surface area contributed by atoms with Crippen molar-refractivity contribution in [3.05, 3.63) is 48.1 Å². The Morgan fingerprint density at radius 2 is 1.60 bits per heavy atom. The number of rotatable bonds is 7. The van der Waals surface area contributed by atoms with E-state index < -0.39 is 29.7 Å². The van der Waals surface area contributed by atoms with E-state index in [4.69, 9.17) is 9.47 Å². The molecule has 0 aromatic carbocycles. The van der Waals surface area contributed by atoms with Crippen molar-refractivity contribution < 1.29 is 23.9 Å². The van der Waals surface area contributed by atoms with Crippen LogP contribution in [-0.2, 0) is 23.9 Å². The molecule has 0 aromatic rings. The smallest absolute Gasteiger partial charge is 0.317 e. The topological polar surface area (TPSA) is 69.7 Å². The summed E-state index contributed by atoms with van der Waals surface area (Å²) in [5, 5.41) is 0. The van der Waals surface area contributed by atoms with Crippen molar-refractivity contribution in [3.63, 3.8) is 0 Å². The van der Waals surface area contributed by atoms with Gasteiger partial charge in [0.1, 0.15) is 5.92 Å². The summed E-state index contributed by atoms with van der Waals surface area (Å²) in [6.07, 6.45) is 11.9. The number of hydrogen-bond donors (Lipinski definition) is 0. The Bertz CT molecular complexity index is 610. The Hall–Kier alpha value is -2.43. The second-order valence-corrected chi connectivity index (χ2v) is 5.49. The summed E-state index contributed by atoms with van der Waals surface area (Å²) in [6, 6.07) is 0. The van der Waals surface area contributed by atoms with E-state index in [0.29, 0.717) is 5.57 Å². The SMILES string of the molecule is C/C=C/C=C/C1=CC(=O)C(C(=O)OCC)C(/C=C/C)C1C(=O)OCC. The minimum atomic E-state index is -1.04. The van der Waals surface area contributed by atoms with Gasteiger partial charge in [-0.15, -0.1) is 0 Å². The second-order valence-electron chi connectivity index (χ2n) is 5.49. The molecular formula is C20H26O5. The first kappa shape index (κ1) is 20.6. The van der Waals surface area contributed by atoms with Crippen molar-refractivity contribution in [2.24, 2.45) is 17.8 Å². The molecule has 0 spiro atoms. The third-order valence-corrected chi connectivity index (χ3v) is 3.83. The van der Waals surface area contributed by atoms with Crippen LogP contribution in [0.5, 0.6) is 0 Å². The molecule has 0 bridgehead atoms. The largest absolute Gasteiger partial charge is 0.466 e. The van der Waals surface area contributed by atoms with Gasteiger partial charge in [-0.2, -0.15) is 0 Å². The maximum atomic E-state index is 12.5. The van der Waals surface area contributed by atoms with E-state index in [0.717, 1.165) is 0 Å². The number of carbonyl (C=O) groups is 3. The van der Waals surface area contributed by atoms with Gasteiger partial charge in [0.25, 0.3) is 0 Å². The van der Waals surface area contributed by atoms with Gasteiger partial charge in [0, 0.05) is 5.92 Å². The summed E-state index contributed by atoms with van der Waals surface area (Å²) in [6.45, 7) is 7.45. The Labute approximate surface area is 149 Å². The van der Waals surface area contributed by atoms with Crippen LogP contribution in [0.4, 0.5) is 0 Å². The maximum Gasteiger partial charge on any atom is 0.317 e. The van der Waals surface area contributed by atoms with Crippen LogP contribution in [0.2, 0.25) is 0 Å². The third kappa shape index (κ3) is 5.28. The van der Waals surface area contributed by atoms with Gasteiger partial charge in [0.15, 0.2) is 5.78 Å². The molecule has 0 fully saturated rings. The second kappa shape index (κ2) is 10.4. The molecule has 0 radical (unpaired) electrons. The van der Waals surface area contributed by atoms with Crippen molar-refractivity contribution in [1.82, 2.24) is 0 Å². The lowest BCUT2D eigenvalue weighted by Gasteiger charge is -2.32. The molecule has 1 aliphatic rings. The highest BCUT2D eigenvalue weighted by Crippen LogP contribution is 2.37. The van der Waals surface area contributed by atoms with Gasteiger partial charge in [0.05, 0.1) is 19.1 Å². The summed E-state index contributed by atoms with van der Waals surface area (Å²) in [5.41, 5.74) is 0.533. The van der Waals surface area contributed by atoms with Gasteiger partial charge in [0.2, 0.25) is 0 Å². The molecule has 0 aliphatic heterocycles. The molecule has 1 aliphatic carbocycles. The van der Waals surface area contributed by atoms with Gasteiger partial charge >= 0.3 is 11.9 Å². The zero-order chi connectivity index (χ0) is 18.8. The van der Waals surface area contributed by atoms with Crippen molar-refractivity contribution in [2.45, 2.75) is 27.7 Å². The molecule has 0 heterocycles. The first-order valence-corrected chi connectivity index (χ1v) is 8.52. The molecule has 0 aromatic heterocycles. The Morgan fingerprint density at radius 3 is 2.12 bits per heavy atom. The predicted octanol–water partition coefficient (Wildman–Crippen LogP) is 3.18. The van der Waals surface area contributed by atoms with Crippen LogP contribution in [0.1, 0.15) is 27.7 Å². The van der Waals surface area contributed by atoms with E-state index in [1.54, 1.807) is 51.2 Å². The molecule has 0 amide bonds. The lowest BCUT2D eigenvalue weighted by atomic mass is 9.70. The van der Waals surface area contributed by atoms with E-state index >= 15 is 0 Å². The van der Waals surface area contributed by atoms with E-state index in [9.17, 15) is 14.4 Å². The summed E-state index contributed by atoms with van der Waals surface area (Å²) >= 11 is 0. The Morgan fingerprint density at radius 1 is 1.00 bits per heavy atom. The Balaban J connectivity index is 3.41. The van der Waals surface area contributed by atoms with E-state index in [-0.39, 0.29) is 19.0 Å². The van der Waals surface area contributed by atoms with Gasteiger partial charge in [-0.1, -0.05) is 36.5 Å². The molecule has 25 heavy (non-hydrogen) atoms. The fraction of sp³-hybridized carbons (Fsp3) is 0.450. The molecule has 0 saturated carbocycles. The van der Waals surface area contributed by atoms with Crippen LogP contribution in [0.25, 0.3) is 0 Å². The fourth-order valence-electron chi connectivity index (χ4n) is 2.85. The average molecular weight is 346 g/mol. The van der Waals surface area contributed by atoms with Crippen molar-refractivity contribution in [3.8, 4) is 0 Å². The highest BCUT2D eigenvalue weighted by atomic mass is 16.5. The Kier molecular flexibility index (Phi) is 8.61. The number of allylic oxidation sites excluding steroid dienone is 7. The summed E-state index contributed by atoms with van der Waals surface area (Å²) < 4.78 is 10.2. The maximum absolute atomic E-state index is 12.5. The number of ether oxygens (including phenoxy) is 2. The number of hydrogen-bond acceptors (Lipinski definition) is 5. The lowest BCUT2D eigenvalue weighted by molar-refractivity contribution is -0.156. The van der Waals surface area contributed by atoms with Crippen LogP contribution >= 0.6 is 0 Å². The van der Waals surface area contributed by atoms with Gasteiger partial charge < -0.3 is 9.47 Å². The molecule has 3 unspecified atom stereocenters. The van der Waals surface area contributed by atoms with Crippen molar-refractivity contribution in [1.29, 1.82) is 0 Å². The van der Waals surface area contributed by atoms with Crippen LogP contribution < -0.4 is 0 Å². The molecular weight excluding hydrogens is 320 g/mol. The summed E-state index contributed by atoms with van der Waals surface area (Å²) in [7, 11) is 0. The average Bonchev–Trinajstić information content (AvgIpc) is 2.55. The van der Waals surface area contributed by atoms with Gasteiger partial charge in [-0.25, -0.2) is 0 Å². The first-order valence-electron chi connectivity index (χ1n) is 8.52. The highest BCUT2D eigenvalue weighted by molar-refractivity contribution is 6.08. The lowest BCUT2D eigenvalue weighted by Crippen LogP contribution is -2.42. The molecule has 3 atom stereocenters. The first-order chi connectivity index (χ1) is 12.0. The monoisotopic (exact) mass is 346 g/mol. The zero-order valence-corrected chi connectivity index (χ0v) is 15.2. The van der Waals surface area contributed by atoms with E-state index in [1.165, 1.54) is 6.08 Å². The molecule has 1 rings (SSSR count). The van der Waals surface area contributed by atoms with Gasteiger partial charge in [-0.05, 0) is 39.3 Å². The normalized spacial score (nSPS) is 24.1. The zero-order valence-electron chi connectivity index (χ0n) is 15.2. The van der Waals surface area contributed by atoms with Crippen LogP contribution in [0.15, 0.2) is 48.1 Å². The number of ketones is 1. The van der Waals surface area contributed by atoms with Crippen LogP contribution in [0, 0.1) is 17.8 Å². The standard InChI is InChI=1S/C20H26O5/c1-5-9-10-12-14-13-16(21)18(20(23)25-8-4)15(11-6-2)17(14)19(22)24-7-3/h5-6,9-13,15,17-18H,7-8H2,1-4H3/b9-5+,11-6+,12-10+. The minimum absolute atomic E-state index is 0.174. The predicted molar refractivity (Wildman–Crippen MR) is 95.6 cm³/mol. The van der Waals surface area contributed by atoms with Crippen molar-refractivity contribution in [2.75, 3.05) is 13.2 Å². The molecule has 0 saturated heterocycles. The van der Waals surface area contributed by atoms with Gasteiger partial charge in [-0.3, -0.25) is 14.4 Å². The van der Waals surface area contributed by atoms with E-state index in [1.807, 2.05) is 13.0 Å². The minimum Gasteiger partial charge on any atom is -0.466 e. The summed E-state index contributed by atoms with van der Waals surface area (Å²) in [5.74, 6) is -3.83. The van der Waals surface area contributed by atoms with Crippen molar-refractivity contribution >= 4 is 17.7 Å². The van der Waals surface area contributed by atoms with E-state index in [2.05, 4.69) is 0 Å². The quantitative estimate of drug-likeness (QED) is 0.306. The van der Waals surface area contributed by atoms with Crippen LogP contribution in [0.3, 0.4) is 0 Å².